The first-order chi connectivity index (χ1) is 10.1. The second-order valence-corrected chi connectivity index (χ2v) is 6.75. The van der Waals surface area contributed by atoms with E-state index in [4.69, 9.17) is 14.5 Å². The van der Waals surface area contributed by atoms with Crippen molar-refractivity contribution in [3.8, 4) is 0 Å². The Labute approximate surface area is 132 Å². The number of phosphoric ester groups is 1. The molecule has 2 heterocycles. The van der Waals surface area contributed by atoms with Gasteiger partial charge in [0.1, 0.15) is 12.3 Å². The van der Waals surface area contributed by atoms with Crippen LogP contribution in [0, 0.1) is 6.92 Å². The van der Waals surface area contributed by atoms with Crippen LogP contribution in [0.1, 0.15) is 18.2 Å². The highest BCUT2D eigenvalue weighted by Crippen LogP contribution is 2.38. The number of nitrogens with zero attached hydrogens (tertiary/aromatic N) is 1. The predicted molar refractivity (Wildman–Crippen MR) is 76.3 cm³/mol. The van der Waals surface area contributed by atoms with Crippen LogP contribution in [0.25, 0.3) is 0 Å². The van der Waals surface area contributed by atoms with Crippen LogP contribution in [0.2, 0.25) is 0 Å². The molecule has 22 heavy (non-hydrogen) atoms. The number of H-pyrrole nitrogens is 1. The molecule has 4 N–H and O–H groups in total. The number of aromatic nitrogens is 2. The number of aliphatic hydroxyl groups is 1. The number of rotatable bonds is 4. The van der Waals surface area contributed by atoms with Crippen LogP contribution in [0.5, 0.6) is 0 Å². The maximum absolute atomic E-state index is 11.9. The van der Waals surface area contributed by atoms with Gasteiger partial charge in [0, 0.05) is 12.0 Å². The first-order valence-electron chi connectivity index (χ1n) is 6.14. The first-order valence-corrected chi connectivity index (χ1v) is 8.47. The van der Waals surface area contributed by atoms with Crippen LogP contribution in [0.3, 0.4) is 0 Å². The summed E-state index contributed by atoms with van der Waals surface area (Å²) in [4.78, 5) is 42.8. The van der Waals surface area contributed by atoms with E-state index >= 15 is 0 Å². The standard InChI is InChI=1S/C10H14BrN2O8P/c1-4-8(11)13(10(16)12-9(4)15)7-2-5(14)6(21-7)3-20-22(17,18)19/h5-7,14H,2-3H2,1H3,(H,12,15,16)(H2,17,18,19)/t5-,6+,7+/m0/s1. The van der Waals surface area contributed by atoms with Crippen molar-refractivity contribution in [2.45, 2.75) is 31.8 Å². The molecule has 0 aliphatic carbocycles. The van der Waals surface area contributed by atoms with Gasteiger partial charge in [0.2, 0.25) is 0 Å². The Morgan fingerprint density at radius 2 is 2.14 bits per heavy atom. The van der Waals surface area contributed by atoms with Gasteiger partial charge in [-0.3, -0.25) is 18.9 Å². The maximum atomic E-state index is 11.9. The lowest BCUT2D eigenvalue weighted by Gasteiger charge is -2.18. The molecule has 1 saturated heterocycles. The second-order valence-electron chi connectivity index (χ2n) is 4.76. The summed E-state index contributed by atoms with van der Waals surface area (Å²) in [5.41, 5.74) is -1.02. The fourth-order valence-corrected chi connectivity index (χ4v) is 2.98. The van der Waals surface area contributed by atoms with Crippen molar-refractivity contribution < 1.29 is 28.7 Å². The van der Waals surface area contributed by atoms with E-state index in [1.54, 1.807) is 0 Å². The van der Waals surface area contributed by atoms with Gasteiger partial charge >= 0.3 is 13.5 Å². The van der Waals surface area contributed by atoms with Crippen LogP contribution in [0.4, 0.5) is 0 Å². The van der Waals surface area contributed by atoms with Crippen LogP contribution < -0.4 is 11.2 Å². The summed E-state index contributed by atoms with van der Waals surface area (Å²) < 4.78 is 21.7. The third-order valence-electron chi connectivity index (χ3n) is 3.20. The summed E-state index contributed by atoms with van der Waals surface area (Å²) >= 11 is 3.13. The summed E-state index contributed by atoms with van der Waals surface area (Å²) in [5.74, 6) is 0. The molecule has 1 aliphatic heterocycles. The van der Waals surface area contributed by atoms with E-state index in [0.717, 1.165) is 4.57 Å². The first kappa shape index (κ1) is 17.5. The summed E-state index contributed by atoms with van der Waals surface area (Å²) in [6.07, 6.45) is -3.00. The molecular formula is C10H14BrN2O8P. The minimum Gasteiger partial charge on any atom is -0.390 e. The van der Waals surface area contributed by atoms with Crippen molar-refractivity contribution >= 4 is 23.8 Å². The molecule has 0 spiro atoms. The molecule has 1 fully saturated rings. The van der Waals surface area contributed by atoms with Crippen LogP contribution in [0.15, 0.2) is 14.2 Å². The fraction of sp³-hybridized carbons (Fsp3) is 0.600. The van der Waals surface area contributed by atoms with E-state index in [2.05, 4.69) is 25.4 Å². The van der Waals surface area contributed by atoms with Crippen LogP contribution in [-0.2, 0) is 13.8 Å². The van der Waals surface area contributed by atoms with E-state index in [9.17, 15) is 19.3 Å². The summed E-state index contributed by atoms with van der Waals surface area (Å²) in [7, 11) is -4.69. The third-order valence-corrected chi connectivity index (χ3v) is 4.66. The number of ether oxygens (including phenoxy) is 1. The topological polar surface area (TPSA) is 151 Å². The SMILES string of the molecule is Cc1c(Br)n([C@H]2C[C@H](O)[C@@H](COP(=O)(O)O)O2)c(=O)[nH]c1=O. The number of aromatic amines is 1. The lowest BCUT2D eigenvalue weighted by Crippen LogP contribution is -2.35. The molecule has 124 valence electrons. The van der Waals surface area contributed by atoms with Gasteiger partial charge in [0.05, 0.1) is 17.3 Å². The Bertz CT molecular complexity index is 725. The Balaban J connectivity index is 2.23. The number of aliphatic hydroxyl groups excluding tert-OH is 1. The van der Waals surface area contributed by atoms with Crippen molar-refractivity contribution in [1.82, 2.24) is 9.55 Å². The predicted octanol–water partition coefficient (Wildman–Crippen LogP) is -0.635. The van der Waals surface area contributed by atoms with Gasteiger partial charge in [-0.15, -0.1) is 0 Å². The largest absolute Gasteiger partial charge is 0.469 e. The molecule has 0 aromatic carbocycles. The molecule has 0 radical (unpaired) electrons. The molecule has 0 unspecified atom stereocenters. The lowest BCUT2D eigenvalue weighted by molar-refractivity contribution is -0.0459. The highest BCUT2D eigenvalue weighted by molar-refractivity contribution is 9.10. The molecule has 0 bridgehead atoms. The molecule has 3 atom stereocenters. The number of phosphoric acid groups is 1. The molecular weight excluding hydrogens is 387 g/mol. The molecule has 1 aromatic heterocycles. The Kier molecular flexibility index (Phi) is 5.07. The maximum Gasteiger partial charge on any atom is 0.469 e. The van der Waals surface area contributed by atoms with Crippen molar-refractivity contribution in [3.05, 3.63) is 31.0 Å². The van der Waals surface area contributed by atoms with Gasteiger partial charge in [-0.25, -0.2) is 9.36 Å². The van der Waals surface area contributed by atoms with Crippen molar-refractivity contribution in [3.63, 3.8) is 0 Å². The fourth-order valence-electron chi connectivity index (χ4n) is 2.07. The van der Waals surface area contributed by atoms with Gasteiger partial charge in [-0.2, -0.15) is 0 Å². The van der Waals surface area contributed by atoms with Crippen LogP contribution >= 0.6 is 23.8 Å². The Morgan fingerprint density at radius 1 is 1.50 bits per heavy atom. The number of nitrogens with one attached hydrogen (secondary N) is 1. The highest BCUT2D eigenvalue weighted by atomic mass is 79.9. The van der Waals surface area contributed by atoms with Gasteiger partial charge < -0.3 is 19.6 Å². The highest BCUT2D eigenvalue weighted by Gasteiger charge is 2.37. The number of halogens is 1. The minimum absolute atomic E-state index is 0.000818. The number of hydrogen-bond acceptors (Lipinski definition) is 6. The summed E-state index contributed by atoms with van der Waals surface area (Å²) in [6, 6.07) is 0. The zero-order chi connectivity index (χ0) is 16.7. The van der Waals surface area contributed by atoms with E-state index in [-0.39, 0.29) is 16.6 Å². The van der Waals surface area contributed by atoms with Crippen molar-refractivity contribution in [2.24, 2.45) is 0 Å². The molecule has 0 amide bonds. The van der Waals surface area contributed by atoms with Gasteiger partial charge in [0.25, 0.3) is 5.56 Å². The quantitative estimate of drug-likeness (QED) is 0.385. The third kappa shape index (κ3) is 3.74. The van der Waals surface area contributed by atoms with E-state index in [1.165, 1.54) is 6.92 Å². The minimum atomic E-state index is -4.69. The molecule has 1 aliphatic rings. The smallest absolute Gasteiger partial charge is 0.390 e. The summed E-state index contributed by atoms with van der Waals surface area (Å²) in [5, 5.41) is 9.86. The Morgan fingerprint density at radius 3 is 2.73 bits per heavy atom. The Hall–Kier alpha value is -0.810. The van der Waals surface area contributed by atoms with Gasteiger partial charge in [-0.05, 0) is 22.9 Å². The average Bonchev–Trinajstić information content (AvgIpc) is 2.74. The monoisotopic (exact) mass is 400 g/mol. The molecule has 0 saturated carbocycles. The van der Waals surface area contributed by atoms with Crippen molar-refractivity contribution in [1.29, 1.82) is 0 Å². The van der Waals surface area contributed by atoms with Crippen molar-refractivity contribution in [2.75, 3.05) is 6.61 Å². The normalized spacial score (nSPS) is 25.6. The summed E-state index contributed by atoms with van der Waals surface area (Å²) in [6.45, 7) is 0.968. The zero-order valence-electron chi connectivity index (χ0n) is 11.3. The number of hydrogen-bond donors (Lipinski definition) is 4. The molecule has 10 nitrogen and oxygen atoms in total. The van der Waals surface area contributed by atoms with E-state index in [1.807, 2.05) is 0 Å². The van der Waals surface area contributed by atoms with Crippen LogP contribution in [-0.4, -0.2) is 43.3 Å². The van der Waals surface area contributed by atoms with Gasteiger partial charge in [0.15, 0.2) is 0 Å². The molecule has 1 aromatic rings. The van der Waals surface area contributed by atoms with E-state index in [0.29, 0.717) is 0 Å². The lowest BCUT2D eigenvalue weighted by atomic mass is 10.2. The second kappa shape index (κ2) is 6.36. The van der Waals surface area contributed by atoms with Gasteiger partial charge in [-0.1, -0.05) is 0 Å². The molecule has 12 heteroatoms. The average molecular weight is 401 g/mol. The zero-order valence-corrected chi connectivity index (χ0v) is 13.8. The molecule has 2 rings (SSSR count). The van der Waals surface area contributed by atoms with E-state index < -0.39 is 44.1 Å².